The van der Waals surface area contributed by atoms with Crippen LogP contribution in [0.15, 0.2) is 0 Å². The van der Waals surface area contributed by atoms with E-state index in [4.69, 9.17) is 4.55 Å². The number of carbonyl (C=O) groups excluding carboxylic acids is 2. The molecule has 1 aliphatic rings. The van der Waals surface area contributed by atoms with Crippen LogP contribution in [0.1, 0.15) is 72.6 Å². The Hall–Kier alpha value is -1.15. The molecule has 26 heavy (non-hydrogen) atoms. The summed E-state index contributed by atoms with van der Waals surface area (Å²) in [5.74, 6) is -0.860. The van der Waals surface area contributed by atoms with Crippen molar-refractivity contribution in [1.82, 2.24) is 10.2 Å². The van der Waals surface area contributed by atoms with E-state index in [0.29, 0.717) is 12.8 Å². The Bertz CT molecular complexity index is 588. The largest absolute Gasteiger partial charge is 0.350 e. The summed E-state index contributed by atoms with van der Waals surface area (Å²) in [4.78, 5) is 26.6. The van der Waals surface area contributed by atoms with Gasteiger partial charge in [-0.05, 0) is 46.0 Å². The number of amides is 2. The molecular formula is C18H34N2O5S. The fourth-order valence-electron chi connectivity index (χ4n) is 3.49. The molecule has 1 fully saturated rings. The van der Waals surface area contributed by atoms with E-state index in [2.05, 4.69) is 12.2 Å². The van der Waals surface area contributed by atoms with Gasteiger partial charge in [0.05, 0.1) is 11.3 Å². The minimum Gasteiger partial charge on any atom is -0.350 e. The van der Waals surface area contributed by atoms with Gasteiger partial charge in [-0.2, -0.15) is 8.42 Å². The van der Waals surface area contributed by atoms with Crippen molar-refractivity contribution in [1.29, 1.82) is 0 Å². The molecule has 2 atom stereocenters. The zero-order chi connectivity index (χ0) is 20.0. The average molecular weight is 391 g/mol. The van der Waals surface area contributed by atoms with E-state index in [0.717, 1.165) is 38.6 Å². The minimum absolute atomic E-state index is 0.140. The molecule has 1 heterocycles. The number of nitrogens with one attached hydrogen (secondary N) is 1. The lowest BCUT2D eigenvalue weighted by Gasteiger charge is -2.31. The maximum absolute atomic E-state index is 12.4. The number of rotatable bonds is 9. The first-order valence-electron chi connectivity index (χ1n) is 9.52. The molecule has 2 N–H and O–H groups in total. The van der Waals surface area contributed by atoms with Crippen LogP contribution in [0.25, 0.3) is 0 Å². The summed E-state index contributed by atoms with van der Waals surface area (Å²) in [7, 11) is -4.17. The van der Waals surface area contributed by atoms with Crippen molar-refractivity contribution in [2.24, 2.45) is 5.92 Å². The SMILES string of the molecule is CCC(CCC(C)C(=O)NC(C)(C)CS(=O)(=O)O)N1CCCCCC1=O. The van der Waals surface area contributed by atoms with Crippen LogP contribution in [-0.2, 0) is 19.7 Å². The third-order valence-corrected chi connectivity index (χ3v) is 5.99. The Labute approximate surface area is 157 Å². The monoisotopic (exact) mass is 390 g/mol. The van der Waals surface area contributed by atoms with Crippen LogP contribution >= 0.6 is 0 Å². The van der Waals surface area contributed by atoms with Gasteiger partial charge in [0.1, 0.15) is 0 Å². The van der Waals surface area contributed by atoms with Gasteiger partial charge in [-0.1, -0.05) is 20.3 Å². The van der Waals surface area contributed by atoms with Crippen molar-refractivity contribution >= 4 is 21.9 Å². The van der Waals surface area contributed by atoms with E-state index in [-0.39, 0.29) is 23.8 Å². The lowest BCUT2D eigenvalue weighted by molar-refractivity contribution is -0.133. The quantitative estimate of drug-likeness (QED) is 0.588. The molecule has 0 aromatic rings. The Balaban J connectivity index is 2.58. The van der Waals surface area contributed by atoms with Gasteiger partial charge in [-0.25, -0.2) is 0 Å². The first kappa shape index (κ1) is 22.9. The fourth-order valence-corrected chi connectivity index (χ4v) is 4.48. The van der Waals surface area contributed by atoms with Crippen LogP contribution in [0.2, 0.25) is 0 Å². The third-order valence-electron chi connectivity index (χ3n) is 4.91. The molecule has 7 nitrogen and oxygen atoms in total. The molecule has 2 amide bonds. The second-order valence-electron chi connectivity index (χ2n) is 8.04. The number of nitrogens with zero attached hydrogens (tertiary/aromatic N) is 1. The smallest absolute Gasteiger partial charge is 0.267 e. The molecule has 0 radical (unpaired) electrons. The number of carbonyl (C=O) groups is 2. The molecule has 2 unspecified atom stereocenters. The van der Waals surface area contributed by atoms with Gasteiger partial charge in [0.25, 0.3) is 10.1 Å². The molecule has 1 saturated heterocycles. The number of likely N-dealkylation sites (tertiary alicyclic amines) is 1. The summed E-state index contributed by atoms with van der Waals surface area (Å²) < 4.78 is 31.1. The zero-order valence-corrected chi connectivity index (χ0v) is 17.3. The van der Waals surface area contributed by atoms with Gasteiger partial charge < -0.3 is 10.2 Å². The minimum atomic E-state index is -4.17. The lowest BCUT2D eigenvalue weighted by atomic mass is 9.97. The summed E-state index contributed by atoms with van der Waals surface area (Å²) in [6, 6.07) is 0.140. The van der Waals surface area contributed by atoms with Crippen LogP contribution in [0.5, 0.6) is 0 Å². The predicted molar refractivity (Wildman–Crippen MR) is 101 cm³/mol. The highest BCUT2D eigenvalue weighted by molar-refractivity contribution is 7.85. The lowest BCUT2D eigenvalue weighted by Crippen LogP contribution is -2.50. The zero-order valence-electron chi connectivity index (χ0n) is 16.5. The van der Waals surface area contributed by atoms with E-state index in [9.17, 15) is 18.0 Å². The highest BCUT2D eigenvalue weighted by Crippen LogP contribution is 2.21. The topological polar surface area (TPSA) is 104 Å². The van der Waals surface area contributed by atoms with Crippen LogP contribution in [0.4, 0.5) is 0 Å². The normalized spacial score (nSPS) is 19.0. The van der Waals surface area contributed by atoms with Crippen LogP contribution in [0, 0.1) is 5.92 Å². The molecule has 0 aromatic heterocycles. The van der Waals surface area contributed by atoms with E-state index in [1.54, 1.807) is 20.8 Å². The van der Waals surface area contributed by atoms with Crippen LogP contribution < -0.4 is 5.32 Å². The first-order chi connectivity index (χ1) is 11.9. The van der Waals surface area contributed by atoms with Crippen molar-refractivity contribution in [3.63, 3.8) is 0 Å². The molecular weight excluding hydrogens is 356 g/mol. The van der Waals surface area contributed by atoms with E-state index in [1.165, 1.54) is 0 Å². The second kappa shape index (κ2) is 9.69. The molecule has 1 aliphatic heterocycles. The van der Waals surface area contributed by atoms with Crippen LogP contribution in [-0.4, -0.2) is 53.6 Å². The molecule has 0 bridgehead atoms. The predicted octanol–water partition coefficient (Wildman–Crippen LogP) is 2.37. The van der Waals surface area contributed by atoms with Crippen molar-refractivity contribution in [2.45, 2.75) is 84.2 Å². The summed E-state index contributed by atoms with van der Waals surface area (Å²) in [5.41, 5.74) is -1.04. The van der Waals surface area contributed by atoms with Gasteiger partial charge in [0.15, 0.2) is 0 Å². The Morgan fingerprint density at radius 3 is 2.50 bits per heavy atom. The van der Waals surface area contributed by atoms with Crippen molar-refractivity contribution in [2.75, 3.05) is 12.3 Å². The summed E-state index contributed by atoms with van der Waals surface area (Å²) in [5, 5.41) is 2.69. The molecule has 0 saturated carbocycles. The summed E-state index contributed by atoms with van der Waals surface area (Å²) in [6.07, 6.45) is 5.90. The third kappa shape index (κ3) is 8.03. The van der Waals surface area contributed by atoms with E-state index >= 15 is 0 Å². The van der Waals surface area contributed by atoms with Gasteiger partial charge >= 0.3 is 0 Å². The van der Waals surface area contributed by atoms with Gasteiger partial charge in [-0.3, -0.25) is 14.1 Å². The standard InChI is InChI=1S/C18H34N2O5S/c1-5-15(20-12-8-6-7-9-16(20)21)11-10-14(2)17(22)19-18(3,4)13-26(23,24)25/h14-15H,5-13H2,1-4H3,(H,19,22)(H,23,24,25). The fraction of sp³-hybridized carbons (Fsp3) is 0.889. The Morgan fingerprint density at radius 2 is 1.92 bits per heavy atom. The summed E-state index contributed by atoms with van der Waals surface area (Å²) in [6.45, 7) is 7.78. The maximum atomic E-state index is 12.4. The van der Waals surface area contributed by atoms with Crippen molar-refractivity contribution in [3.8, 4) is 0 Å². The molecule has 0 aliphatic carbocycles. The molecule has 1 rings (SSSR count). The van der Waals surface area contributed by atoms with Gasteiger partial charge in [0, 0.05) is 24.9 Å². The maximum Gasteiger partial charge on any atom is 0.267 e. The van der Waals surface area contributed by atoms with E-state index in [1.807, 2.05) is 4.90 Å². The summed E-state index contributed by atoms with van der Waals surface area (Å²) >= 11 is 0. The first-order valence-corrected chi connectivity index (χ1v) is 11.1. The van der Waals surface area contributed by atoms with Crippen molar-refractivity contribution in [3.05, 3.63) is 0 Å². The highest BCUT2D eigenvalue weighted by Gasteiger charge is 2.29. The second-order valence-corrected chi connectivity index (χ2v) is 9.49. The Morgan fingerprint density at radius 1 is 1.27 bits per heavy atom. The molecule has 8 heteroatoms. The van der Waals surface area contributed by atoms with Crippen molar-refractivity contribution < 1.29 is 22.6 Å². The highest BCUT2D eigenvalue weighted by atomic mass is 32.2. The van der Waals surface area contributed by atoms with Gasteiger partial charge in [0.2, 0.25) is 11.8 Å². The average Bonchev–Trinajstić information content (AvgIpc) is 2.69. The molecule has 0 spiro atoms. The number of hydrogen-bond donors (Lipinski definition) is 2. The van der Waals surface area contributed by atoms with Gasteiger partial charge in [-0.15, -0.1) is 0 Å². The molecule has 0 aromatic carbocycles. The van der Waals surface area contributed by atoms with Crippen LogP contribution in [0.3, 0.4) is 0 Å². The Kier molecular flexibility index (Phi) is 8.53. The van der Waals surface area contributed by atoms with E-state index < -0.39 is 21.4 Å². The molecule has 152 valence electrons. The number of hydrogen-bond acceptors (Lipinski definition) is 4.